The van der Waals surface area contributed by atoms with Crippen LogP contribution in [0.1, 0.15) is 18.1 Å². The van der Waals surface area contributed by atoms with Crippen LogP contribution in [0.15, 0.2) is 30.8 Å². The molecule has 0 heterocycles. The molecule has 0 nitrogen and oxygen atoms in total. The van der Waals surface area contributed by atoms with Crippen LogP contribution < -0.4 is 0 Å². The largest absolute Gasteiger partial charge is 0.220 e. The molecular formula is C10H10Y2-2. The van der Waals surface area contributed by atoms with E-state index in [1.54, 1.807) is 0 Å². The fourth-order valence-corrected chi connectivity index (χ4v) is 0.793. The second-order valence-electron chi connectivity index (χ2n) is 2.09. The van der Waals surface area contributed by atoms with Gasteiger partial charge < -0.3 is 0 Å². The third kappa shape index (κ3) is 4.92. The Morgan fingerprint density at radius 3 is 2.00 bits per heavy atom. The molecule has 2 heteroatoms. The van der Waals surface area contributed by atoms with Crippen LogP contribution in [-0.4, -0.2) is 0 Å². The zero-order chi connectivity index (χ0) is 7.40. The normalized spacial score (nSPS) is 7.42. The van der Waals surface area contributed by atoms with Gasteiger partial charge in [0.2, 0.25) is 0 Å². The standard InChI is InChI=1S/C10H10.2Y/c1-3-9-5-7-10(4-2)8-6-9;;/h4-8H,1H2,2H3;;/q-2;;. The Bertz CT molecular complexity index is 214. The summed E-state index contributed by atoms with van der Waals surface area (Å²) >= 11 is 0. The van der Waals surface area contributed by atoms with Crippen LogP contribution in [0.2, 0.25) is 0 Å². The molecule has 0 atom stereocenters. The first-order chi connectivity index (χ1) is 4.86. The summed E-state index contributed by atoms with van der Waals surface area (Å²) in [7, 11) is 0. The van der Waals surface area contributed by atoms with E-state index in [-0.39, 0.29) is 65.4 Å². The minimum absolute atomic E-state index is 0. The Morgan fingerprint density at radius 1 is 1.17 bits per heavy atom. The third-order valence-corrected chi connectivity index (χ3v) is 1.45. The van der Waals surface area contributed by atoms with Crippen molar-refractivity contribution in [1.29, 1.82) is 0 Å². The first-order valence-electron chi connectivity index (χ1n) is 3.29. The van der Waals surface area contributed by atoms with Crippen molar-refractivity contribution in [1.82, 2.24) is 0 Å². The maximum atomic E-state index is 3.55. The smallest absolute Gasteiger partial charge is 0 e. The van der Waals surface area contributed by atoms with Gasteiger partial charge >= 0.3 is 0 Å². The van der Waals surface area contributed by atoms with Gasteiger partial charge in [-0.15, -0.1) is 0 Å². The molecule has 0 aliphatic heterocycles. The molecule has 0 fully saturated rings. The molecule has 12 heavy (non-hydrogen) atoms. The summed E-state index contributed by atoms with van der Waals surface area (Å²) in [4.78, 5) is 0. The molecule has 0 bridgehead atoms. The average Bonchev–Trinajstić information content (AvgIpc) is 2.05. The number of hydrogen-bond acceptors (Lipinski definition) is 0. The monoisotopic (exact) mass is 308 g/mol. The van der Waals surface area contributed by atoms with E-state index in [0.29, 0.717) is 0 Å². The minimum Gasteiger partial charge on any atom is -0.220 e. The van der Waals surface area contributed by atoms with Gasteiger partial charge in [0.05, 0.1) is 0 Å². The Labute approximate surface area is 125 Å². The molecule has 1 rings (SSSR count). The first kappa shape index (κ1) is 15.5. The second-order valence-corrected chi connectivity index (χ2v) is 2.09. The fourth-order valence-electron chi connectivity index (χ4n) is 0.793. The van der Waals surface area contributed by atoms with Crippen molar-refractivity contribution in [3.63, 3.8) is 0 Å². The van der Waals surface area contributed by atoms with E-state index in [4.69, 9.17) is 0 Å². The molecule has 0 aromatic heterocycles. The Hall–Kier alpha value is 1.04. The molecule has 58 valence electrons. The molecule has 2 radical (unpaired) electrons. The number of rotatable bonds is 2. The zero-order valence-electron chi connectivity index (χ0n) is 7.25. The molecule has 0 aliphatic carbocycles. The third-order valence-electron chi connectivity index (χ3n) is 1.45. The molecule has 0 saturated heterocycles. The molecule has 1 aromatic rings. The Balaban J connectivity index is 0. The van der Waals surface area contributed by atoms with Crippen molar-refractivity contribution in [2.75, 3.05) is 0 Å². The van der Waals surface area contributed by atoms with E-state index in [1.807, 2.05) is 31.2 Å². The molecule has 0 amide bonds. The van der Waals surface area contributed by atoms with Crippen molar-refractivity contribution in [3.05, 3.63) is 54.5 Å². The second kappa shape index (κ2) is 8.63. The topological polar surface area (TPSA) is 0 Å². The van der Waals surface area contributed by atoms with E-state index in [1.165, 1.54) is 5.56 Å². The minimum atomic E-state index is 0. The average molecular weight is 308 g/mol. The van der Waals surface area contributed by atoms with Crippen LogP contribution in [0.25, 0.3) is 0 Å². The van der Waals surface area contributed by atoms with Crippen LogP contribution in [-0.2, 0) is 65.4 Å². The predicted molar refractivity (Wildman–Crippen MR) is 43.5 cm³/mol. The fraction of sp³-hybridized carbons (Fsp3) is 0.100. The van der Waals surface area contributed by atoms with Crippen LogP contribution in [0.3, 0.4) is 0 Å². The van der Waals surface area contributed by atoms with E-state index < -0.39 is 0 Å². The molecule has 0 unspecified atom stereocenters. The summed E-state index contributed by atoms with van der Waals surface area (Å²) in [6.07, 6.45) is 4.88. The molecule has 0 saturated carbocycles. The Morgan fingerprint density at radius 2 is 1.67 bits per heavy atom. The zero-order valence-corrected chi connectivity index (χ0v) is 12.9. The SMILES string of the molecule is C=[C-]c1ccc([CH-]C)cc1.[Y].[Y]. The van der Waals surface area contributed by atoms with Crippen LogP contribution in [0.4, 0.5) is 0 Å². The molecule has 0 N–H and O–H groups in total. The van der Waals surface area contributed by atoms with E-state index in [0.717, 1.165) is 5.56 Å². The van der Waals surface area contributed by atoms with E-state index in [9.17, 15) is 0 Å². The maximum absolute atomic E-state index is 3.55. The van der Waals surface area contributed by atoms with Crippen LogP contribution in [0, 0.1) is 12.5 Å². The van der Waals surface area contributed by atoms with Gasteiger partial charge in [-0.3, -0.25) is 0 Å². The molecule has 0 spiro atoms. The quantitative estimate of drug-likeness (QED) is 0.737. The van der Waals surface area contributed by atoms with Gasteiger partial charge in [0.1, 0.15) is 0 Å². The number of hydrogen-bond donors (Lipinski definition) is 0. The summed E-state index contributed by atoms with van der Waals surface area (Å²) in [5.74, 6) is 0. The molecule has 1 aromatic carbocycles. The summed E-state index contributed by atoms with van der Waals surface area (Å²) in [6.45, 7) is 5.57. The Kier molecular flexibility index (Phi) is 11.1. The molecule has 0 aliphatic rings. The van der Waals surface area contributed by atoms with Gasteiger partial charge in [-0.05, 0) is 0 Å². The van der Waals surface area contributed by atoms with Gasteiger partial charge in [0, 0.05) is 65.4 Å². The van der Waals surface area contributed by atoms with Crippen molar-refractivity contribution in [2.24, 2.45) is 0 Å². The van der Waals surface area contributed by atoms with Crippen molar-refractivity contribution in [2.45, 2.75) is 6.92 Å². The summed E-state index contributed by atoms with van der Waals surface area (Å²) < 4.78 is 0. The molecular weight excluding hydrogens is 298 g/mol. The van der Waals surface area contributed by atoms with E-state index >= 15 is 0 Å². The van der Waals surface area contributed by atoms with Gasteiger partial charge in [-0.25, -0.2) is 35.4 Å². The van der Waals surface area contributed by atoms with Gasteiger partial charge in [0.15, 0.2) is 0 Å². The van der Waals surface area contributed by atoms with Crippen molar-refractivity contribution in [3.8, 4) is 0 Å². The summed E-state index contributed by atoms with van der Waals surface area (Å²) in [5.41, 5.74) is 2.28. The predicted octanol–water partition coefficient (Wildman–Crippen LogP) is 2.59. The number of benzene rings is 1. The maximum Gasteiger partial charge on any atom is 0 e. The summed E-state index contributed by atoms with van der Waals surface area (Å²) in [5, 5.41) is 0. The first-order valence-corrected chi connectivity index (χ1v) is 3.29. The summed E-state index contributed by atoms with van der Waals surface area (Å²) in [6, 6.07) is 8.10. The van der Waals surface area contributed by atoms with Crippen molar-refractivity contribution >= 4 is 0 Å². The van der Waals surface area contributed by atoms with Gasteiger partial charge in [0.25, 0.3) is 0 Å². The van der Waals surface area contributed by atoms with Crippen LogP contribution >= 0.6 is 0 Å². The van der Waals surface area contributed by atoms with Gasteiger partial charge in [-0.1, -0.05) is 6.92 Å². The van der Waals surface area contributed by atoms with Gasteiger partial charge in [-0.2, -0.15) is 19.1 Å². The van der Waals surface area contributed by atoms with Crippen molar-refractivity contribution < 1.29 is 65.4 Å². The van der Waals surface area contributed by atoms with E-state index in [2.05, 4.69) is 19.1 Å². The van der Waals surface area contributed by atoms with Crippen LogP contribution in [0.5, 0.6) is 0 Å².